The monoisotopic (exact) mass is 537 g/mol. The Hall–Kier alpha value is -4.18. The van der Waals surface area contributed by atoms with Crippen LogP contribution in [0.25, 0.3) is 22.0 Å². The molecule has 0 fully saturated rings. The van der Waals surface area contributed by atoms with Crippen LogP contribution >= 0.6 is 0 Å². The van der Waals surface area contributed by atoms with Gasteiger partial charge in [0.15, 0.2) is 0 Å². The van der Waals surface area contributed by atoms with Crippen molar-refractivity contribution in [2.75, 3.05) is 37.8 Å². The number of aryl methyl sites for hydroxylation is 2. The van der Waals surface area contributed by atoms with Crippen molar-refractivity contribution in [3.8, 4) is 11.1 Å². The van der Waals surface area contributed by atoms with Crippen molar-refractivity contribution >= 4 is 28.3 Å². The smallest absolute Gasteiger partial charge is 0.370 e. The minimum Gasteiger partial charge on any atom is -0.370 e. The second kappa shape index (κ2) is 11.3. The molecule has 10 heteroatoms. The molecule has 1 amide bonds. The van der Waals surface area contributed by atoms with E-state index in [9.17, 15) is 22.8 Å². The Kier molecular flexibility index (Phi) is 8.06. The van der Waals surface area contributed by atoms with Crippen LogP contribution < -0.4 is 16.2 Å². The molecule has 0 radical (unpaired) electrons. The normalized spacial score (nSPS) is 11.7. The molecule has 0 bridgehead atoms. The van der Waals surface area contributed by atoms with E-state index in [1.807, 2.05) is 27.1 Å². The number of hydrogen-bond acceptors (Lipinski definition) is 5. The number of benzene rings is 2. The number of halogens is 3. The Labute approximate surface area is 224 Å². The molecule has 0 atom stereocenters. The maximum atomic E-state index is 13.4. The first-order valence-corrected chi connectivity index (χ1v) is 12.4. The summed E-state index contributed by atoms with van der Waals surface area (Å²) in [5.41, 5.74) is 1.66. The third-order valence-corrected chi connectivity index (χ3v) is 6.43. The summed E-state index contributed by atoms with van der Waals surface area (Å²) >= 11 is 0. The largest absolute Gasteiger partial charge is 0.416 e. The number of aromatic nitrogens is 2. The lowest BCUT2D eigenvalue weighted by Gasteiger charge is -2.14. The van der Waals surface area contributed by atoms with Crippen LogP contribution in [-0.4, -0.2) is 47.5 Å². The summed E-state index contributed by atoms with van der Waals surface area (Å²) in [6.45, 7) is 3.54. The molecule has 2 aromatic carbocycles. The molecule has 0 saturated heterocycles. The van der Waals surface area contributed by atoms with E-state index >= 15 is 0 Å². The van der Waals surface area contributed by atoms with Gasteiger partial charge in [-0.3, -0.25) is 9.59 Å². The highest BCUT2D eigenvalue weighted by Crippen LogP contribution is 2.30. The fourth-order valence-electron chi connectivity index (χ4n) is 4.30. The minimum atomic E-state index is -4.55. The van der Waals surface area contributed by atoms with Gasteiger partial charge in [-0.15, -0.1) is 0 Å². The van der Waals surface area contributed by atoms with Gasteiger partial charge in [0.25, 0.3) is 11.5 Å². The summed E-state index contributed by atoms with van der Waals surface area (Å²) < 4.78 is 40.8. The van der Waals surface area contributed by atoms with Crippen molar-refractivity contribution in [1.82, 2.24) is 14.5 Å². The maximum Gasteiger partial charge on any atom is 0.416 e. The van der Waals surface area contributed by atoms with E-state index in [2.05, 4.69) is 20.5 Å². The van der Waals surface area contributed by atoms with Crippen molar-refractivity contribution in [1.29, 1.82) is 0 Å². The zero-order valence-corrected chi connectivity index (χ0v) is 22.2. The highest BCUT2D eigenvalue weighted by atomic mass is 19.4. The molecule has 204 valence electrons. The quantitative estimate of drug-likeness (QED) is 0.289. The SMILES string of the molecule is Cc1ccc(NC(=O)c2cccc(C(F)(F)F)c2)cc1-c1cc2cnc(NCCCN(C)C)cc2n(C)c1=O. The van der Waals surface area contributed by atoms with E-state index in [1.54, 1.807) is 42.1 Å². The molecule has 2 N–H and O–H groups in total. The van der Waals surface area contributed by atoms with Crippen molar-refractivity contribution in [3.63, 3.8) is 0 Å². The number of anilines is 2. The van der Waals surface area contributed by atoms with Crippen LogP contribution in [0.1, 0.15) is 27.9 Å². The predicted octanol–water partition coefficient (Wildman–Crippen LogP) is 5.54. The van der Waals surface area contributed by atoms with Gasteiger partial charge in [0.1, 0.15) is 5.82 Å². The van der Waals surface area contributed by atoms with Gasteiger partial charge in [-0.05, 0) is 81.5 Å². The highest BCUT2D eigenvalue weighted by Gasteiger charge is 2.31. The average Bonchev–Trinajstić information content (AvgIpc) is 2.89. The van der Waals surface area contributed by atoms with Crippen molar-refractivity contribution in [2.24, 2.45) is 7.05 Å². The van der Waals surface area contributed by atoms with Gasteiger partial charge in [0.05, 0.1) is 11.1 Å². The molecule has 0 spiro atoms. The van der Waals surface area contributed by atoms with E-state index in [0.717, 1.165) is 48.1 Å². The lowest BCUT2D eigenvalue weighted by atomic mass is 9.99. The maximum absolute atomic E-state index is 13.4. The van der Waals surface area contributed by atoms with E-state index in [4.69, 9.17) is 0 Å². The lowest BCUT2D eigenvalue weighted by molar-refractivity contribution is -0.137. The summed E-state index contributed by atoms with van der Waals surface area (Å²) in [6.07, 6.45) is -1.90. The number of hydrogen-bond donors (Lipinski definition) is 2. The Morgan fingerprint density at radius 2 is 1.82 bits per heavy atom. The first-order valence-electron chi connectivity index (χ1n) is 12.4. The number of alkyl halides is 3. The molecular formula is C29H30F3N5O2. The standard InChI is InChI=1S/C29H30F3N5O2/c1-18-9-10-22(35-27(38)19-7-5-8-21(13-19)29(30,31)32)15-23(18)24-14-20-17-34-26(33-11-6-12-36(2)3)16-25(20)37(4)28(24)39/h5,7-10,13-17H,6,11-12H2,1-4H3,(H,33,34)(H,35,38). The molecule has 0 saturated carbocycles. The van der Waals surface area contributed by atoms with Gasteiger partial charge in [0, 0.05) is 48.1 Å². The molecule has 7 nitrogen and oxygen atoms in total. The number of rotatable bonds is 8. The lowest BCUT2D eigenvalue weighted by Crippen LogP contribution is -2.20. The fourth-order valence-corrected chi connectivity index (χ4v) is 4.30. The zero-order valence-electron chi connectivity index (χ0n) is 22.2. The number of nitrogens with one attached hydrogen (secondary N) is 2. The summed E-state index contributed by atoms with van der Waals surface area (Å²) in [6, 6.07) is 12.9. The highest BCUT2D eigenvalue weighted by molar-refractivity contribution is 6.04. The van der Waals surface area contributed by atoms with Gasteiger partial charge in [0.2, 0.25) is 0 Å². The average molecular weight is 538 g/mol. The molecular weight excluding hydrogens is 507 g/mol. The minimum absolute atomic E-state index is 0.120. The molecule has 2 heterocycles. The topological polar surface area (TPSA) is 79.3 Å². The number of nitrogens with zero attached hydrogens (tertiary/aromatic N) is 3. The van der Waals surface area contributed by atoms with Gasteiger partial charge >= 0.3 is 6.18 Å². The van der Waals surface area contributed by atoms with Crippen LogP contribution in [-0.2, 0) is 13.2 Å². The third-order valence-electron chi connectivity index (χ3n) is 6.43. The van der Waals surface area contributed by atoms with Crippen molar-refractivity contribution < 1.29 is 18.0 Å². The molecule has 4 rings (SSSR count). The first kappa shape index (κ1) is 27.8. The second-order valence-corrected chi connectivity index (χ2v) is 9.70. The Balaban J connectivity index is 1.62. The molecule has 39 heavy (non-hydrogen) atoms. The summed E-state index contributed by atoms with van der Waals surface area (Å²) in [7, 11) is 5.73. The molecule has 4 aromatic rings. The fraction of sp³-hybridized carbons (Fsp3) is 0.276. The van der Waals surface area contributed by atoms with Crippen LogP contribution in [0, 0.1) is 6.92 Å². The van der Waals surface area contributed by atoms with E-state index in [-0.39, 0.29) is 11.1 Å². The number of fused-ring (bicyclic) bond motifs is 1. The predicted molar refractivity (Wildman–Crippen MR) is 148 cm³/mol. The molecule has 0 aliphatic carbocycles. The zero-order chi connectivity index (χ0) is 28.3. The van der Waals surface area contributed by atoms with E-state index in [1.165, 1.54) is 12.1 Å². The number of carbonyl (C=O) groups excluding carboxylic acids is 1. The Morgan fingerprint density at radius 1 is 1.05 bits per heavy atom. The van der Waals surface area contributed by atoms with Crippen LogP contribution in [0.3, 0.4) is 0 Å². The molecule has 2 aromatic heterocycles. The molecule has 0 aliphatic rings. The van der Waals surface area contributed by atoms with Gasteiger partial charge in [-0.25, -0.2) is 4.98 Å². The summed E-state index contributed by atoms with van der Waals surface area (Å²) in [5.74, 6) is -0.00313. The Bertz CT molecular complexity index is 1580. The Morgan fingerprint density at radius 3 is 2.54 bits per heavy atom. The summed E-state index contributed by atoms with van der Waals surface area (Å²) in [4.78, 5) is 32.7. The van der Waals surface area contributed by atoms with Crippen LogP contribution in [0.4, 0.5) is 24.7 Å². The van der Waals surface area contributed by atoms with Gasteiger partial charge in [-0.1, -0.05) is 12.1 Å². The number of pyridine rings is 2. The van der Waals surface area contributed by atoms with Crippen LogP contribution in [0.15, 0.2) is 65.6 Å². The second-order valence-electron chi connectivity index (χ2n) is 9.70. The third kappa shape index (κ3) is 6.46. The molecule has 0 aliphatic heterocycles. The van der Waals surface area contributed by atoms with E-state index < -0.39 is 17.6 Å². The summed E-state index contributed by atoms with van der Waals surface area (Å²) in [5, 5.41) is 6.70. The van der Waals surface area contributed by atoms with Gasteiger partial charge < -0.3 is 20.1 Å². The molecule has 0 unspecified atom stereocenters. The number of carbonyl (C=O) groups is 1. The van der Waals surface area contributed by atoms with Crippen molar-refractivity contribution in [2.45, 2.75) is 19.5 Å². The first-order chi connectivity index (χ1) is 18.4. The van der Waals surface area contributed by atoms with E-state index in [0.29, 0.717) is 22.6 Å². The van der Waals surface area contributed by atoms with Crippen LogP contribution in [0.5, 0.6) is 0 Å². The van der Waals surface area contributed by atoms with Crippen LogP contribution in [0.2, 0.25) is 0 Å². The number of amides is 1. The van der Waals surface area contributed by atoms with Gasteiger partial charge in [-0.2, -0.15) is 13.2 Å². The van der Waals surface area contributed by atoms with Crippen molar-refractivity contribution in [3.05, 3.63) is 87.8 Å².